The van der Waals surface area contributed by atoms with E-state index in [0.29, 0.717) is 39.1 Å². The van der Waals surface area contributed by atoms with Crippen molar-refractivity contribution in [1.29, 1.82) is 0 Å². The molecule has 140 valence electrons. The van der Waals surface area contributed by atoms with Crippen LogP contribution in [-0.4, -0.2) is 51.1 Å². The number of aryl methyl sites for hydroxylation is 1. The van der Waals surface area contributed by atoms with Crippen molar-refractivity contribution in [2.45, 2.75) is 52.8 Å². The van der Waals surface area contributed by atoms with E-state index in [1.54, 1.807) is 0 Å². The number of hydrogen-bond donors (Lipinski definition) is 0. The van der Waals surface area contributed by atoms with Gasteiger partial charge in [0, 0.05) is 25.2 Å². The van der Waals surface area contributed by atoms with Gasteiger partial charge in [-0.3, -0.25) is 9.78 Å². The molecule has 1 unspecified atom stereocenters. The standard InChI is InChI=1S/C19H32N2O3Si/c1-19(2,3)18(24-25(4)5)16-8-6-7-15(20-16)9-10-17(22)21-11-13-23-14-12-21/h6-8,18,25H,9-14H2,1-5H3. The summed E-state index contributed by atoms with van der Waals surface area (Å²) in [5.74, 6) is 0.189. The molecule has 6 heteroatoms. The van der Waals surface area contributed by atoms with Gasteiger partial charge >= 0.3 is 0 Å². The Hall–Kier alpha value is -1.24. The molecule has 1 atom stereocenters. The lowest BCUT2D eigenvalue weighted by Gasteiger charge is -2.32. The van der Waals surface area contributed by atoms with Crippen molar-refractivity contribution >= 4 is 14.9 Å². The molecule has 0 saturated carbocycles. The number of nitrogens with zero attached hydrogens (tertiary/aromatic N) is 2. The Bertz CT molecular complexity index is 566. The first-order valence-electron chi connectivity index (χ1n) is 9.24. The molecule has 0 spiro atoms. The van der Waals surface area contributed by atoms with Gasteiger partial charge in [-0.05, 0) is 37.1 Å². The van der Waals surface area contributed by atoms with Gasteiger partial charge in [0.2, 0.25) is 5.91 Å². The lowest BCUT2D eigenvalue weighted by molar-refractivity contribution is -0.135. The number of hydrogen-bond acceptors (Lipinski definition) is 4. The average molecular weight is 365 g/mol. The van der Waals surface area contributed by atoms with Crippen LogP contribution in [0.3, 0.4) is 0 Å². The summed E-state index contributed by atoms with van der Waals surface area (Å²) in [7, 11) is -1.18. The molecular formula is C19H32N2O3Si. The van der Waals surface area contributed by atoms with Crippen LogP contribution in [0.1, 0.15) is 44.7 Å². The van der Waals surface area contributed by atoms with E-state index in [4.69, 9.17) is 14.1 Å². The summed E-state index contributed by atoms with van der Waals surface area (Å²) in [4.78, 5) is 19.0. The van der Waals surface area contributed by atoms with Crippen LogP contribution >= 0.6 is 0 Å². The van der Waals surface area contributed by atoms with E-state index in [1.165, 1.54) is 0 Å². The minimum atomic E-state index is -1.18. The molecule has 0 radical (unpaired) electrons. The molecule has 1 aromatic rings. The lowest BCUT2D eigenvalue weighted by atomic mass is 9.87. The summed E-state index contributed by atoms with van der Waals surface area (Å²) in [6, 6.07) is 6.07. The molecule has 1 fully saturated rings. The second-order valence-corrected chi connectivity index (χ2v) is 10.3. The predicted octanol–water partition coefficient (Wildman–Crippen LogP) is 2.96. The zero-order chi connectivity index (χ0) is 18.4. The molecule has 2 rings (SSSR count). The molecule has 1 aliphatic heterocycles. The summed E-state index contributed by atoms with van der Waals surface area (Å²) in [6.45, 7) is 13.6. The number of carbonyl (C=O) groups excluding carboxylic acids is 1. The maximum Gasteiger partial charge on any atom is 0.223 e. The Morgan fingerprint density at radius 1 is 1.32 bits per heavy atom. The molecule has 1 saturated heterocycles. The minimum absolute atomic E-state index is 0.00550. The van der Waals surface area contributed by atoms with Crippen molar-refractivity contribution in [1.82, 2.24) is 9.88 Å². The van der Waals surface area contributed by atoms with Crippen molar-refractivity contribution < 1.29 is 14.0 Å². The minimum Gasteiger partial charge on any atom is -0.412 e. The van der Waals surface area contributed by atoms with Gasteiger partial charge in [0.15, 0.2) is 9.04 Å². The molecule has 5 nitrogen and oxygen atoms in total. The monoisotopic (exact) mass is 364 g/mol. The van der Waals surface area contributed by atoms with E-state index >= 15 is 0 Å². The number of amides is 1. The van der Waals surface area contributed by atoms with Crippen LogP contribution in [0.15, 0.2) is 18.2 Å². The number of pyridine rings is 1. The highest BCUT2D eigenvalue weighted by Gasteiger charge is 2.29. The van der Waals surface area contributed by atoms with E-state index in [1.807, 2.05) is 23.1 Å². The topological polar surface area (TPSA) is 51.7 Å². The zero-order valence-corrected chi connectivity index (χ0v) is 17.4. The molecule has 1 aromatic heterocycles. The molecular weight excluding hydrogens is 332 g/mol. The van der Waals surface area contributed by atoms with Crippen molar-refractivity contribution in [3.05, 3.63) is 29.6 Å². The maximum atomic E-state index is 12.3. The second kappa shape index (κ2) is 8.92. The molecule has 2 heterocycles. The van der Waals surface area contributed by atoms with E-state index in [0.717, 1.165) is 11.4 Å². The fraction of sp³-hybridized carbons (Fsp3) is 0.684. The van der Waals surface area contributed by atoms with Crippen LogP contribution in [0.25, 0.3) is 0 Å². The quantitative estimate of drug-likeness (QED) is 0.728. The number of aromatic nitrogens is 1. The van der Waals surface area contributed by atoms with Crippen LogP contribution in [0.5, 0.6) is 0 Å². The van der Waals surface area contributed by atoms with Crippen molar-refractivity contribution in [2.24, 2.45) is 5.41 Å². The van der Waals surface area contributed by atoms with Gasteiger partial charge in [0.1, 0.15) is 0 Å². The van der Waals surface area contributed by atoms with E-state index in [-0.39, 0.29) is 17.4 Å². The first-order valence-corrected chi connectivity index (χ1v) is 12.0. The highest BCUT2D eigenvalue weighted by atomic mass is 28.3. The Balaban J connectivity index is 2.03. The lowest BCUT2D eigenvalue weighted by Crippen LogP contribution is -2.40. The summed E-state index contributed by atoms with van der Waals surface area (Å²) >= 11 is 0. The van der Waals surface area contributed by atoms with E-state index in [2.05, 4.69) is 33.9 Å². The van der Waals surface area contributed by atoms with Gasteiger partial charge in [-0.15, -0.1) is 0 Å². The summed E-state index contributed by atoms with van der Waals surface area (Å²) in [5, 5.41) is 0. The highest BCUT2D eigenvalue weighted by Crippen LogP contribution is 2.35. The Morgan fingerprint density at radius 2 is 2.00 bits per heavy atom. The van der Waals surface area contributed by atoms with Crippen LogP contribution in [0.2, 0.25) is 13.1 Å². The van der Waals surface area contributed by atoms with Gasteiger partial charge in [-0.1, -0.05) is 26.8 Å². The van der Waals surface area contributed by atoms with Crippen molar-refractivity contribution in [3.63, 3.8) is 0 Å². The van der Waals surface area contributed by atoms with Gasteiger partial charge in [0.05, 0.1) is 25.0 Å². The molecule has 0 aromatic carbocycles. The largest absolute Gasteiger partial charge is 0.412 e. The number of morpholine rings is 1. The SMILES string of the molecule is C[SiH](C)OC(c1cccc(CCC(=O)N2CCOCC2)n1)C(C)(C)C. The number of ether oxygens (including phenoxy) is 1. The molecule has 0 bridgehead atoms. The Kier molecular flexibility index (Phi) is 7.16. The number of rotatable bonds is 6. The molecule has 25 heavy (non-hydrogen) atoms. The Labute approximate surface area is 153 Å². The zero-order valence-electron chi connectivity index (χ0n) is 16.2. The number of carbonyl (C=O) groups is 1. The van der Waals surface area contributed by atoms with Crippen molar-refractivity contribution in [2.75, 3.05) is 26.3 Å². The van der Waals surface area contributed by atoms with E-state index in [9.17, 15) is 4.79 Å². The van der Waals surface area contributed by atoms with Gasteiger partial charge < -0.3 is 14.1 Å². The Morgan fingerprint density at radius 3 is 2.60 bits per heavy atom. The van der Waals surface area contributed by atoms with Crippen LogP contribution < -0.4 is 0 Å². The molecule has 1 aliphatic rings. The summed E-state index contributed by atoms with van der Waals surface area (Å²) < 4.78 is 11.6. The van der Waals surface area contributed by atoms with Crippen molar-refractivity contribution in [3.8, 4) is 0 Å². The second-order valence-electron chi connectivity index (χ2n) is 7.98. The fourth-order valence-corrected chi connectivity index (χ4v) is 4.07. The van der Waals surface area contributed by atoms with Crippen LogP contribution in [0.4, 0.5) is 0 Å². The fourth-order valence-electron chi connectivity index (χ4n) is 2.98. The molecule has 1 amide bonds. The predicted molar refractivity (Wildman–Crippen MR) is 102 cm³/mol. The normalized spacial score (nSPS) is 17.0. The highest BCUT2D eigenvalue weighted by molar-refractivity contribution is 6.48. The van der Waals surface area contributed by atoms with Gasteiger partial charge in [-0.2, -0.15) is 0 Å². The average Bonchev–Trinajstić information content (AvgIpc) is 2.57. The molecule has 0 aliphatic carbocycles. The smallest absolute Gasteiger partial charge is 0.223 e. The van der Waals surface area contributed by atoms with Crippen LogP contribution in [0, 0.1) is 5.41 Å². The van der Waals surface area contributed by atoms with Gasteiger partial charge in [0.25, 0.3) is 0 Å². The first kappa shape index (κ1) is 20.1. The third-order valence-electron chi connectivity index (χ3n) is 4.25. The third-order valence-corrected chi connectivity index (χ3v) is 5.07. The van der Waals surface area contributed by atoms with E-state index < -0.39 is 9.04 Å². The summed E-state index contributed by atoms with van der Waals surface area (Å²) in [5.41, 5.74) is 1.93. The summed E-state index contributed by atoms with van der Waals surface area (Å²) in [6.07, 6.45) is 1.16. The van der Waals surface area contributed by atoms with Gasteiger partial charge in [-0.25, -0.2) is 0 Å². The first-order chi connectivity index (χ1) is 11.8. The molecule has 0 N–H and O–H groups in total. The maximum absolute atomic E-state index is 12.3. The van der Waals surface area contributed by atoms with Crippen LogP contribution in [-0.2, 0) is 20.4 Å². The third kappa shape index (κ3) is 6.20.